The molecule has 112 valence electrons. The molecular formula is C18H19N3O. The van der Waals surface area contributed by atoms with E-state index in [-0.39, 0.29) is 0 Å². The predicted octanol–water partition coefficient (Wildman–Crippen LogP) is 3.66. The first-order valence-electron chi connectivity index (χ1n) is 7.23. The van der Waals surface area contributed by atoms with Crippen LogP contribution in [0.4, 0.5) is 0 Å². The van der Waals surface area contributed by atoms with Gasteiger partial charge in [0.15, 0.2) is 0 Å². The van der Waals surface area contributed by atoms with Crippen LogP contribution in [0.1, 0.15) is 25.8 Å². The minimum Gasteiger partial charge on any atom is -0.317 e. The molecule has 0 aliphatic rings. The molecule has 22 heavy (non-hydrogen) atoms. The number of carbonyl (C=O) groups excluding carboxylic acids is 1. The summed E-state index contributed by atoms with van der Waals surface area (Å²) >= 11 is 0. The van der Waals surface area contributed by atoms with Gasteiger partial charge in [0.1, 0.15) is 5.84 Å². The van der Waals surface area contributed by atoms with Gasteiger partial charge in [0.05, 0.1) is 5.70 Å². The molecule has 0 atom stereocenters. The number of rotatable bonds is 5. The fourth-order valence-electron chi connectivity index (χ4n) is 2.13. The molecule has 2 rings (SSSR count). The van der Waals surface area contributed by atoms with E-state index in [0.717, 1.165) is 22.4 Å². The smallest absolute Gasteiger partial charge is 0.212 e. The number of hydrogen-bond donors (Lipinski definition) is 1. The molecule has 0 radical (unpaired) electrons. The van der Waals surface area contributed by atoms with E-state index in [0.29, 0.717) is 18.7 Å². The largest absolute Gasteiger partial charge is 0.317 e. The highest BCUT2D eigenvalue weighted by molar-refractivity contribution is 5.94. The summed E-state index contributed by atoms with van der Waals surface area (Å²) in [4.78, 5) is 19.2. The molecule has 0 fully saturated rings. The summed E-state index contributed by atoms with van der Waals surface area (Å²) in [5.74, 6) is 0.650. The highest BCUT2D eigenvalue weighted by Gasteiger charge is 2.04. The molecule has 1 aromatic heterocycles. The molecular weight excluding hydrogens is 274 g/mol. The Morgan fingerprint density at radius 2 is 2.00 bits per heavy atom. The molecule has 0 spiro atoms. The third-order valence-corrected chi connectivity index (χ3v) is 3.26. The molecule has 1 aromatic carbocycles. The number of allylic oxidation sites excluding steroid dienone is 1. The molecule has 1 heterocycles. The van der Waals surface area contributed by atoms with Crippen LogP contribution >= 0.6 is 0 Å². The van der Waals surface area contributed by atoms with Crippen molar-refractivity contribution < 1.29 is 4.79 Å². The highest BCUT2D eigenvalue weighted by Crippen LogP contribution is 2.24. The van der Waals surface area contributed by atoms with Gasteiger partial charge in [-0.25, -0.2) is 4.99 Å². The molecule has 2 aromatic rings. The zero-order valence-electron chi connectivity index (χ0n) is 12.8. The number of amidine groups is 1. The SMILES string of the molecule is C/C=C(\N=C(/CC)NC=O)c1cccc(-c2ccncc2)c1. The Hall–Kier alpha value is -2.75. The summed E-state index contributed by atoms with van der Waals surface area (Å²) in [7, 11) is 0. The summed E-state index contributed by atoms with van der Waals surface area (Å²) in [5.41, 5.74) is 4.06. The van der Waals surface area contributed by atoms with Crippen molar-refractivity contribution in [3.8, 4) is 11.1 Å². The van der Waals surface area contributed by atoms with Crippen LogP contribution in [0.25, 0.3) is 16.8 Å². The molecule has 0 saturated heterocycles. The predicted molar refractivity (Wildman–Crippen MR) is 90.2 cm³/mol. The Morgan fingerprint density at radius 3 is 2.64 bits per heavy atom. The van der Waals surface area contributed by atoms with E-state index in [2.05, 4.69) is 27.4 Å². The second kappa shape index (κ2) is 7.88. The zero-order valence-corrected chi connectivity index (χ0v) is 12.8. The van der Waals surface area contributed by atoms with Crippen molar-refractivity contribution in [3.05, 3.63) is 60.4 Å². The lowest BCUT2D eigenvalue weighted by Crippen LogP contribution is -2.20. The van der Waals surface area contributed by atoms with Crippen LogP contribution in [-0.2, 0) is 4.79 Å². The first kappa shape index (κ1) is 15.6. The molecule has 4 nitrogen and oxygen atoms in total. The topological polar surface area (TPSA) is 54.4 Å². The lowest BCUT2D eigenvalue weighted by molar-refractivity contribution is -0.108. The maximum absolute atomic E-state index is 10.6. The van der Waals surface area contributed by atoms with Gasteiger partial charge < -0.3 is 5.32 Å². The Morgan fingerprint density at radius 1 is 1.23 bits per heavy atom. The van der Waals surface area contributed by atoms with Crippen molar-refractivity contribution in [2.75, 3.05) is 0 Å². The average molecular weight is 293 g/mol. The third-order valence-electron chi connectivity index (χ3n) is 3.26. The number of benzene rings is 1. The molecule has 0 aliphatic carbocycles. The maximum atomic E-state index is 10.6. The minimum absolute atomic E-state index is 0.650. The standard InChI is InChI=1S/C18H19N3O/c1-3-17(21-18(4-2)20-13-22)16-7-5-6-15(12-16)14-8-10-19-11-9-14/h3,5-13H,4H2,1-2H3,(H,20,21,22)/b17-3-. The number of nitrogens with one attached hydrogen (secondary N) is 1. The number of aliphatic imine (C=N–C) groups is 1. The van der Waals surface area contributed by atoms with Crippen LogP contribution in [0.5, 0.6) is 0 Å². The lowest BCUT2D eigenvalue weighted by Gasteiger charge is -2.08. The van der Waals surface area contributed by atoms with Crippen molar-refractivity contribution in [1.29, 1.82) is 0 Å². The van der Waals surface area contributed by atoms with E-state index in [9.17, 15) is 4.79 Å². The third kappa shape index (κ3) is 3.88. The molecule has 1 amide bonds. The van der Waals surface area contributed by atoms with Crippen LogP contribution in [0.3, 0.4) is 0 Å². The molecule has 0 unspecified atom stereocenters. The van der Waals surface area contributed by atoms with Crippen molar-refractivity contribution in [3.63, 3.8) is 0 Å². The quantitative estimate of drug-likeness (QED) is 0.519. The molecule has 0 aliphatic heterocycles. The molecule has 0 saturated carbocycles. The number of hydrogen-bond acceptors (Lipinski definition) is 3. The van der Waals surface area contributed by atoms with E-state index < -0.39 is 0 Å². The molecule has 0 bridgehead atoms. The van der Waals surface area contributed by atoms with E-state index in [4.69, 9.17) is 0 Å². The van der Waals surface area contributed by atoms with E-state index in [1.54, 1.807) is 12.4 Å². The van der Waals surface area contributed by atoms with E-state index >= 15 is 0 Å². The van der Waals surface area contributed by atoms with E-state index in [1.807, 2.05) is 44.2 Å². The van der Waals surface area contributed by atoms with Gasteiger partial charge in [-0.05, 0) is 36.2 Å². The number of nitrogens with zero attached hydrogens (tertiary/aromatic N) is 2. The first-order chi connectivity index (χ1) is 10.8. The fourth-order valence-corrected chi connectivity index (χ4v) is 2.13. The summed E-state index contributed by atoms with van der Waals surface area (Å²) < 4.78 is 0. The van der Waals surface area contributed by atoms with Crippen LogP contribution in [0, 0.1) is 0 Å². The van der Waals surface area contributed by atoms with Gasteiger partial charge in [-0.2, -0.15) is 0 Å². The van der Waals surface area contributed by atoms with Crippen molar-refractivity contribution in [1.82, 2.24) is 10.3 Å². The Kier molecular flexibility index (Phi) is 5.60. The van der Waals surface area contributed by atoms with Crippen molar-refractivity contribution in [2.45, 2.75) is 20.3 Å². The number of amides is 1. The van der Waals surface area contributed by atoms with Gasteiger partial charge in [0.25, 0.3) is 0 Å². The first-order valence-corrected chi connectivity index (χ1v) is 7.23. The second-order valence-electron chi connectivity index (χ2n) is 4.66. The normalized spacial score (nSPS) is 12.1. The van der Waals surface area contributed by atoms with Crippen LogP contribution < -0.4 is 5.32 Å². The number of aromatic nitrogens is 1. The van der Waals surface area contributed by atoms with Crippen molar-refractivity contribution in [2.24, 2.45) is 4.99 Å². The van der Waals surface area contributed by atoms with Gasteiger partial charge in [-0.3, -0.25) is 9.78 Å². The monoisotopic (exact) mass is 293 g/mol. The highest BCUT2D eigenvalue weighted by atomic mass is 16.1. The van der Waals surface area contributed by atoms with Gasteiger partial charge in [-0.15, -0.1) is 0 Å². The van der Waals surface area contributed by atoms with Crippen molar-refractivity contribution >= 4 is 17.9 Å². The summed E-state index contributed by atoms with van der Waals surface area (Å²) in [6.07, 6.45) is 6.82. The van der Waals surface area contributed by atoms with Gasteiger partial charge in [-0.1, -0.05) is 31.2 Å². The lowest BCUT2D eigenvalue weighted by atomic mass is 10.0. The maximum Gasteiger partial charge on any atom is 0.212 e. The van der Waals surface area contributed by atoms with E-state index in [1.165, 1.54) is 0 Å². The Labute approximate surface area is 130 Å². The van der Waals surface area contributed by atoms with Crippen LogP contribution in [0.2, 0.25) is 0 Å². The zero-order chi connectivity index (χ0) is 15.8. The Balaban J connectivity index is 2.37. The summed E-state index contributed by atoms with van der Waals surface area (Å²) in [5, 5.41) is 2.63. The molecule has 4 heteroatoms. The van der Waals surface area contributed by atoms with Gasteiger partial charge in [0, 0.05) is 24.4 Å². The number of carbonyl (C=O) groups is 1. The summed E-state index contributed by atoms with van der Waals surface area (Å²) in [6.45, 7) is 3.89. The van der Waals surface area contributed by atoms with Crippen LogP contribution in [0.15, 0.2) is 59.9 Å². The molecule has 1 N–H and O–H groups in total. The number of pyridine rings is 1. The van der Waals surface area contributed by atoms with Gasteiger partial charge in [0.2, 0.25) is 6.41 Å². The summed E-state index contributed by atoms with van der Waals surface area (Å²) in [6, 6.07) is 12.1. The average Bonchev–Trinajstić information content (AvgIpc) is 2.59. The second-order valence-corrected chi connectivity index (χ2v) is 4.66. The van der Waals surface area contributed by atoms with Crippen LogP contribution in [-0.4, -0.2) is 17.2 Å². The minimum atomic E-state index is 0.650. The Bertz CT molecular complexity index is 690. The van der Waals surface area contributed by atoms with Gasteiger partial charge >= 0.3 is 0 Å². The fraction of sp³-hybridized carbons (Fsp3) is 0.167.